The lowest BCUT2D eigenvalue weighted by Gasteiger charge is -2.29. The molecule has 20 heavy (non-hydrogen) atoms. The second kappa shape index (κ2) is 6.19. The van der Waals surface area contributed by atoms with Crippen LogP contribution in [0.15, 0.2) is 0 Å². The van der Waals surface area contributed by atoms with Crippen molar-refractivity contribution < 1.29 is 4.74 Å². The van der Waals surface area contributed by atoms with Crippen molar-refractivity contribution in [3.63, 3.8) is 0 Å². The number of fused-ring (bicyclic) bond motifs is 1. The largest absolute Gasteiger partial charge is 0.370 e. The minimum absolute atomic E-state index is 0.0879. The van der Waals surface area contributed by atoms with E-state index in [9.17, 15) is 0 Å². The zero-order valence-corrected chi connectivity index (χ0v) is 12.6. The molecule has 1 aliphatic carbocycles. The van der Waals surface area contributed by atoms with Gasteiger partial charge in [-0.05, 0) is 32.6 Å². The number of ether oxygens (including phenoxy) is 1. The van der Waals surface area contributed by atoms with E-state index in [0.29, 0.717) is 5.92 Å². The number of nitrogens with zero attached hydrogens (tertiary/aromatic N) is 2. The molecule has 1 aromatic rings. The topological polar surface area (TPSA) is 47.0 Å². The van der Waals surface area contributed by atoms with Crippen molar-refractivity contribution in [2.24, 2.45) is 5.92 Å². The maximum Gasteiger partial charge on any atom is 0.157 e. The molecule has 110 valence electrons. The Bertz CT molecular complexity index is 469. The Morgan fingerprint density at radius 2 is 2.00 bits per heavy atom. The van der Waals surface area contributed by atoms with E-state index in [1.165, 1.54) is 43.4 Å². The standard InChI is InChI=1S/C16H25N3O/c1-3-20-15(12-7-5-4-6-8-12)16-18-11(2)13-9-17-10-14(13)19-16/h12,15,17H,3-10H2,1-2H3. The van der Waals surface area contributed by atoms with Crippen molar-refractivity contribution in [3.8, 4) is 0 Å². The molecule has 1 unspecified atom stereocenters. The molecule has 0 amide bonds. The Hall–Kier alpha value is -1.00. The highest BCUT2D eigenvalue weighted by Crippen LogP contribution is 2.36. The van der Waals surface area contributed by atoms with Crippen LogP contribution in [-0.2, 0) is 17.8 Å². The van der Waals surface area contributed by atoms with E-state index in [1.807, 2.05) is 0 Å². The molecule has 1 saturated carbocycles. The van der Waals surface area contributed by atoms with Crippen LogP contribution in [0.1, 0.15) is 67.9 Å². The molecule has 2 aliphatic rings. The summed E-state index contributed by atoms with van der Waals surface area (Å²) in [7, 11) is 0. The third-order valence-electron chi connectivity index (χ3n) is 4.59. The highest BCUT2D eigenvalue weighted by Gasteiger charge is 2.29. The molecule has 0 radical (unpaired) electrons. The Balaban J connectivity index is 1.88. The van der Waals surface area contributed by atoms with Crippen molar-refractivity contribution in [2.75, 3.05) is 6.61 Å². The SMILES string of the molecule is CCOC(c1nc(C)c2c(n1)CNC2)C1CCCCC1. The van der Waals surface area contributed by atoms with Crippen LogP contribution in [-0.4, -0.2) is 16.6 Å². The fourth-order valence-corrected chi connectivity index (χ4v) is 3.53. The van der Waals surface area contributed by atoms with Crippen LogP contribution in [0.5, 0.6) is 0 Å². The highest BCUT2D eigenvalue weighted by molar-refractivity contribution is 5.28. The lowest BCUT2D eigenvalue weighted by Crippen LogP contribution is -2.22. The first-order chi connectivity index (χ1) is 9.79. The van der Waals surface area contributed by atoms with E-state index < -0.39 is 0 Å². The first-order valence-electron chi connectivity index (χ1n) is 7.98. The summed E-state index contributed by atoms with van der Waals surface area (Å²) in [5.41, 5.74) is 3.58. The molecule has 1 atom stereocenters. The molecule has 4 heteroatoms. The quantitative estimate of drug-likeness (QED) is 0.917. The van der Waals surface area contributed by atoms with Gasteiger partial charge < -0.3 is 10.1 Å². The second-order valence-electron chi connectivity index (χ2n) is 5.97. The Labute approximate surface area is 121 Å². The fraction of sp³-hybridized carbons (Fsp3) is 0.750. The smallest absolute Gasteiger partial charge is 0.157 e. The average molecular weight is 275 g/mol. The van der Waals surface area contributed by atoms with Gasteiger partial charge in [-0.25, -0.2) is 9.97 Å². The van der Waals surface area contributed by atoms with Gasteiger partial charge >= 0.3 is 0 Å². The predicted molar refractivity (Wildman–Crippen MR) is 78.3 cm³/mol. The summed E-state index contributed by atoms with van der Waals surface area (Å²) in [6, 6.07) is 0. The normalized spacial score (nSPS) is 20.9. The van der Waals surface area contributed by atoms with Crippen LogP contribution in [0.25, 0.3) is 0 Å². The number of hydrogen-bond acceptors (Lipinski definition) is 4. The van der Waals surface area contributed by atoms with Gasteiger partial charge in [0.15, 0.2) is 5.82 Å². The molecule has 1 N–H and O–H groups in total. The minimum Gasteiger partial charge on any atom is -0.370 e. The van der Waals surface area contributed by atoms with Crippen molar-refractivity contribution >= 4 is 0 Å². The summed E-state index contributed by atoms with van der Waals surface area (Å²) in [5, 5.41) is 3.36. The highest BCUT2D eigenvalue weighted by atomic mass is 16.5. The summed E-state index contributed by atoms with van der Waals surface area (Å²) in [4.78, 5) is 9.57. The number of rotatable bonds is 4. The maximum absolute atomic E-state index is 6.04. The zero-order chi connectivity index (χ0) is 13.9. The van der Waals surface area contributed by atoms with Crippen LogP contribution in [0.2, 0.25) is 0 Å². The van der Waals surface area contributed by atoms with Gasteiger partial charge in [-0.2, -0.15) is 0 Å². The monoisotopic (exact) mass is 275 g/mol. The average Bonchev–Trinajstić information content (AvgIpc) is 2.94. The van der Waals surface area contributed by atoms with Gasteiger partial charge in [-0.3, -0.25) is 0 Å². The number of aryl methyl sites for hydroxylation is 1. The molecule has 1 aliphatic heterocycles. The summed E-state index contributed by atoms with van der Waals surface area (Å²) in [5.74, 6) is 1.51. The molecule has 1 fully saturated rings. The van der Waals surface area contributed by atoms with E-state index in [2.05, 4.69) is 19.2 Å². The summed E-state index contributed by atoms with van der Waals surface area (Å²) >= 11 is 0. The summed E-state index contributed by atoms with van der Waals surface area (Å²) < 4.78 is 6.04. The van der Waals surface area contributed by atoms with Gasteiger partial charge in [0.05, 0.1) is 5.69 Å². The van der Waals surface area contributed by atoms with Crippen LogP contribution in [0.4, 0.5) is 0 Å². The van der Waals surface area contributed by atoms with Crippen LogP contribution >= 0.6 is 0 Å². The fourth-order valence-electron chi connectivity index (χ4n) is 3.53. The van der Waals surface area contributed by atoms with Crippen LogP contribution < -0.4 is 5.32 Å². The molecule has 0 aromatic carbocycles. The second-order valence-corrected chi connectivity index (χ2v) is 5.97. The van der Waals surface area contributed by atoms with Gasteiger partial charge in [0.2, 0.25) is 0 Å². The van der Waals surface area contributed by atoms with E-state index in [1.54, 1.807) is 0 Å². The molecule has 0 bridgehead atoms. The van der Waals surface area contributed by atoms with Gasteiger partial charge in [-0.15, -0.1) is 0 Å². The molecule has 2 heterocycles. The number of hydrogen-bond donors (Lipinski definition) is 1. The number of nitrogens with one attached hydrogen (secondary N) is 1. The minimum atomic E-state index is 0.0879. The van der Waals surface area contributed by atoms with Crippen molar-refractivity contribution in [1.29, 1.82) is 0 Å². The van der Waals surface area contributed by atoms with E-state index in [0.717, 1.165) is 31.2 Å². The first-order valence-corrected chi connectivity index (χ1v) is 7.98. The van der Waals surface area contributed by atoms with Crippen molar-refractivity contribution in [3.05, 3.63) is 22.8 Å². The van der Waals surface area contributed by atoms with Crippen LogP contribution in [0.3, 0.4) is 0 Å². The predicted octanol–water partition coefficient (Wildman–Crippen LogP) is 3.05. The lowest BCUT2D eigenvalue weighted by molar-refractivity contribution is -0.000419. The maximum atomic E-state index is 6.04. The Morgan fingerprint density at radius 1 is 1.20 bits per heavy atom. The first kappa shape index (κ1) is 14.0. The van der Waals surface area contributed by atoms with Gasteiger partial charge in [0, 0.05) is 31.0 Å². The third-order valence-corrected chi connectivity index (χ3v) is 4.59. The Kier molecular flexibility index (Phi) is 4.32. The molecular formula is C16H25N3O. The van der Waals surface area contributed by atoms with Crippen molar-refractivity contribution in [1.82, 2.24) is 15.3 Å². The molecule has 3 rings (SSSR count). The Morgan fingerprint density at radius 3 is 2.75 bits per heavy atom. The van der Waals surface area contributed by atoms with E-state index in [-0.39, 0.29) is 6.10 Å². The summed E-state index contributed by atoms with van der Waals surface area (Å²) in [6.07, 6.45) is 6.60. The van der Waals surface area contributed by atoms with Gasteiger partial charge in [0.25, 0.3) is 0 Å². The lowest BCUT2D eigenvalue weighted by atomic mass is 9.84. The summed E-state index contributed by atoms with van der Waals surface area (Å²) in [6.45, 7) is 6.68. The molecule has 0 spiro atoms. The number of aromatic nitrogens is 2. The van der Waals surface area contributed by atoms with E-state index >= 15 is 0 Å². The molecule has 1 aromatic heterocycles. The van der Waals surface area contributed by atoms with E-state index in [4.69, 9.17) is 14.7 Å². The van der Waals surface area contributed by atoms with Gasteiger partial charge in [-0.1, -0.05) is 19.3 Å². The third kappa shape index (κ3) is 2.72. The van der Waals surface area contributed by atoms with Crippen molar-refractivity contribution in [2.45, 2.75) is 65.1 Å². The molecule has 4 nitrogen and oxygen atoms in total. The van der Waals surface area contributed by atoms with Gasteiger partial charge in [0.1, 0.15) is 6.10 Å². The molecule has 0 saturated heterocycles. The van der Waals surface area contributed by atoms with Crippen LogP contribution in [0, 0.1) is 12.8 Å². The molecular weight excluding hydrogens is 250 g/mol. The zero-order valence-electron chi connectivity index (χ0n) is 12.6.